The monoisotopic (exact) mass is 404 g/mol. The van der Waals surface area contributed by atoms with Gasteiger partial charge in [-0.25, -0.2) is 0 Å². The Morgan fingerprint density at radius 1 is 1.19 bits per heavy atom. The summed E-state index contributed by atoms with van der Waals surface area (Å²) in [5, 5.41) is 14.9. The van der Waals surface area contributed by atoms with Crippen molar-refractivity contribution in [3.63, 3.8) is 0 Å². The van der Waals surface area contributed by atoms with E-state index in [2.05, 4.69) is 10.6 Å². The number of hydrogen-bond acceptors (Lipinski definition) is 4. The quantitative estimate of drug-likeness (QED) is 0.692. The van der Waals surface area contributed by atoms with Gasteiger partial charge >= 0.3 is 12.1 Å². The molecular formula is C17H16ClF3N2O2S. The molecule has 3 rings (SSSR count). The molecule has 0 radical (unpaired) electrons. The lowest BCUT2D eigenvalue weighted by molar-refractivity contribution is -0.139. The van der Waals surface area contributed by atoms with E-state index >= 15 is 0 Å². The van der Waals surface area contributed by atoms with Crippen LogP contribution in [0.2, 0.25) is 0 Å². The molecule has 4 nitrogen and oxygen atoms in total. The van der Waals surface area contributed by atoms with Gasteiger partial charge in [0.1, 0.15) is 6.04 Å². The second-order valence-electron chi connectivity index (χ2n) is 5.56. The van der Waals surface area contributed by atoms with Crippen molar-refractivity contribution in [2.75, 3.05) is 11.1 Å². The third kappa shape index (κ3) is 4.63. The number of carboxylic acids is 1. The topological polar surface area (TPSA) is 61.4 Å². The summed E-state index contributed by atoms with van der Waals surface area (Å²) in [6.07, 6.45) is -4.41. The number of nitrogens with one attached hydrogen (secondary N) is 2. The van der Waals surface area contributed by atoms with Gasteiger partial charge in [-0.1, -0.05) is 24.3 Å². The minimum absolute atomic E-state index is 0. The standard InChI is InChI=1S/C17H15F3N2O2S.ClH/c18-17(19,20)10-4-3-5-11(8-10)21-13-7-2-1-6-12(13)15-22-14(9-25-15)16(23)24;/h1-8,14-15,21-22H,9H2,(H,23,24);1H/t14-,15?;/m0./s1. The van der Waals surface area contributed by atoms with Gasteiger partial charge in [-0.3, -0.25) is 10.1 Å². The molecule has 0 aliphatic carbocycles. The molecular weight excluding hydrogens is 389 g/mol. The molecule has 2 aromatic rings. The van der Waals surface area contributed by atoms with Gasteiger partial charge in [0, 0.05) is 22.7 Å². The Kier molecular flexibility index (Phi) is 6.44. The Balaban J connectivity index is 0.00000243. The molecule has 0 spiro atoms. The fourth-order valence-corrected chi connectivity index (χ4v) is 3.83. The van der Waals surface area contributed by atoms with E-state index in [1.165, 1.54) is 17.8 Å². The van der Waals surface area contributed by atoms with E-state index in [9.17, 15) is 18.0 Å². The summed E-state index contributed by atoms with van der Waals surface area (Å²) >= 11 is 1.45. The molecule has 1 unspecified atom stereocenters. The van der Waals surface area contributed by atoms with Crippen molar-refractivity contribution in [3.8, 4) is 0 Å². The van der Waals surface area contributed by atoms with Crippen LogP contribution in [0.1, 0.15) is 16.5 Å². The molecule has 1 aliphatic rings. The molecule has 0 aromatic heterocycles. The molecule has 2 atom stereocenters. The summed E-state index contributed by atoms with van der Waals surface area (Å²) in [6, 6.07) is 11.5. The SMILES string of the molecule is Cl.O=C(O)[C@@H]1CSC(c2ccccc2Nc2cccc(C(F)(F)F)c2)N1. The molecule has 1 heterocycles. The van der Waals surface area contributed by atoms with Crippen LogP contribution < -0.4 is 10.6 Å². The van der Waals surface area contributed by atoms with Gasteiger partial charge in [0.2, 0.25) is 0 Å². The first-order valence-corrected chi connectivity index (χ1v) is 8.53. The number of carboxylic acid groups (broad SMARTS) is 1. The highest BCUT2D eigenvalue weighted by atomic mass is 35.5. The Morgan fingerprint density at radius 2 is 1.92 bits per heavy atom. The van der Waals surface area contributed by atoms with E-state index in [1.54, 1.807) is 18.2 Å². The van der Waals surface area contributed by atoms with Gasteiger partial charge in [-0.15, -0.1) is 24.2 Å². The van der Waals surface area contributed by atoms with Crippen LogP contribution in [0.25, 0.3) is 0 Å². The van der Waals surface area contributed by atoms with Gasteiger partial charge < -0.3 is 10.4 Å². The van der Waals surface area contributed by atoms with Gasteiger partial charge in [-0.2, -0.15) is 13.2 Å². The summed E-state index contributed by atoms with van der Waals surface area (Å²) in [6.45, 7) is 0. The zero-order valence-electron chi connectivity index (χ0n) is 13.3. The second kappa shape index (κ2) is 8.20. The number of para-hydroxylation sites is 1. The first-order chi connectivity index (χ1) is 11.8. The zero-order valence-corrected chi connectivity index (χ0v) is 14.9. The lowest BCUT2D eigenvalue weighted by Crippen LogP contribution is -2.33. The molecule has 140 valence electrons. The van der Waals surface area contributed by atoms with Crippen LogP contribution in [0.4, 0.5) is 24.5 Å². The van der Waals surface area contributed by atoms with Crippen LogP contribution in [0.15, 0.2) is 48.5 Å². The number of thioether (sulfide) groups is 1. The van der Waals surface area contributed by atoms with Gasteiger partial charge in [0.25, 0.3) is 0 Å². The van der Waals surface area contributed by atoms with Crippen LogP contribution >= 0.6 is 24.2 Å². The number of carbonyl (C=O) groups is 1. The van der Waals surface area contributed by atoms with Crippen molar-refractivity contribution in [2.45, 2.75) is 17.6 Å². The van der Waals surface area contributed by atoms with E-state index in [0.29, 0.717) is 17.1 Å². The molecule has 0 saturated carbocycles. The lowest BCUT2D eigenvalue weighted by atomic mass is 10.1. The highest BCUT2D eigenvalue weighted by molar-refractivity contribution is 7.99. The molecule has 1 fully saturated rings. The average molecular weight is 405 g/mol. The Hall–Kier alpha value is -1.90. The van der Waals surface area contributed by atoms with Gasteiger partial charge in [0.15, 0.2) is 0 Å². The number of halogens is 4. The van der Waals surface area contributed by atoms with E-state index in [1.807, 2.05) is 12.1 Å². The number of anilines is 2. The minimum atomic E-state index is -4.41. The van der Waals surface area contributed by atoms with Crippen LogP contribution in [0.5, 0.6) is 0 Å². The molecule has 2 aromatic carbocycles. The van der Waals surface area contributed by atoms with Crippen LogP contribution in [-0.4, -0.2) is 22.9 Å². The van der Waals surface area contributed by atoms with Crippen molar-refractivity contribution in [3.05, 3.63) is 59.7 Å². The highest BCUT2D eigenvalue weighted by Gasteiger charge is 2.32. The van der Waals surface area contributed by atoms with Crippen molar-refractivity contribution in [1.29, 1.82) is 0 Å². The largest absolute Gasteiger partial charge is 0.480 e. The van der Waals surface area contributed by atoms with Crippen LogP contribution in [-0.2, 0) is 11.0 Å². The molecule has 1 aliphatic heterocycles. The maximum Gasteiger partial charge on any atom is 0.416 e. The maximum atomic E-state index is 12.9. The minimum Gasteiger partial charge on any atom is -0.480 e. The predicted molar refractivity (Wildman–Crippen MR) is 98.2 cm³/mol. The number of alkyl halides is 3. The second-order valence-corrected chi connectivity index (χ2v) is 6.70. The summed E-state index contributed by atoms with van der Waals surface area (Å²) in [5.74, 6) is -0.490. The van der Waals surface area contributed by atoms with Crippen LogP contribution in [0, 0.1) is 0 Å². The molecule has 9 heteroatoms. The highest BCUT2D eigenvalue weighted by Crippen LogP contribution is 2.38. The third-order valence-corrected chi connectivity index (χ3v) is 5.04. The first-order valence-electron chi connectivity index (χ1n) is 7.48. The molecule has 0 bridgehead atoms. The number of aliphatic carboxylic acids is 1. The summed E-state index contributed by atoms with van der Waals surface area (Å²) in [7, 11) is 0. The molecule has 0 amide bonds. The molecule has 1 saturated heterocycles. The van der Waals surface area contributed by atoms with E-state index < -0.39 is 23.8 Å². The zero-order chi connectivity index (χ0) is 18.0. The van der Waals surface area contributed by atoms with Crippen molar-refractivity contribution >= 4 is 41.5 Å². The maximum absolute atomic E-state index is 12.9. The van der Waals surface area contributed by atoms with Crippen molar-refractivity contribution in [1.82, 2.24) is 5.32 Å². The predicted octanol–water partition coefficient (Wildman–Crippen LogP) is 4.66. The third-order valence-electron chi connectivity index (χ3n) is 3.79. The number of benzene rings is 2. The molecule has 26 heavy (non-hydrogen) atoms. The first kappa shape index (κ1) is 20.4. The Labute approximate surface area is 158 Å². The van der Waals surface area contributed by atoms with Crippen LogP contribution in [0.3, 0.4) is 0 Å². The normalized spacial score (nSPS) is 19.7. The Bertz CT molecular complexity index is 789. The van der Waals surface area contributed by atoms with Crippen molar-refractivity contribution < 1.29 is 23.1 Å². The summed E-state index contributed by atoms with van der Waals surface area (Å²) < 4.78 is 38.6. The fraction of sp³-hybridized carbons (Fsp3) is 0.235. The van der Waals surface area contributed by atoms with E-state index in [4.69, 9.17) is 5.11 Å². The Morgan fingerprint density at radius 3 is 2.58 bits per heavy atom. The van der Waals surface area contributed by atoms with E-state index in [0.717, 1.165) is 17.7 Å². The van der Waals surface area contributed by atoms with Gasteiger partial charge in [-0.05, 0) is 24.3 Å². The van der Waals surface area contributed by atoms with Crippen molar-refractivity contribution in [2.24, 2.45) is 0 Å². The fourth-order valence-electron chi connectivity index (χ4n) is 2.56. The number of rotatable bonds is 4. The van der Waals surface area contributed by atoms with Gasteiger partial charge in [0.05, 0.1) is 10.9 Å². The summed E-state index contributed by atoms with van der Waals surface area (Å²) in [4.78, 5) is 11.1. The average Bonchev–Trinajstić information content (AvgIpc) is 3.05. The molecule has 3 N–H and O–H groups in total. The smallest absolute Gasteiger partial charge is 0.416 e. The van der Waals surface area contributed by atoms with E-state index in [-0.39, 0.29) is 17.8 Å². The summed E-state index contributed by atoms with van der Waals surface area (Å²) in [5.41, 5.74) is 1.03. The number of hydrogen-bond donors (Lipinski definition) is 3. The lowest BCUT2D eigenvalue weighted by Gasteiger charge is -2.18.